The van der Waals surface area contributed by atoms with E-state index in [0.717, 1.165) is 0 Å². The number of carbonyl (C=O) groups is 5. The van der Waals surface area contributed by atoms with Crippen LogP contribution in [0.25, 0.3) is 0 Å². The van der Waals surface area contributed by atoms with Crippen molar-refractivity contribution in [2.24, 2.45) is 5.73 Å². The first kappa shape index (κ1) is 26.6. The molecular formula is C16H28N4O8S. The van der Waals surface area contributed by atoms with Crippen LogP contribution in [0.1, 0.15) is 26.2 Å². The fraction of sp³-hybridized carbons (Fsp3) is 0.688. The van der Waals surface area contributed by atoms with Gasteiger partial charge in [-0.3, -0.25) is 19.2 Å². The molecule has 3 amide bonds. The van der Waals surface area contributed by atoms with Gasteiger partial charge >= 0.3 is 11.9 Å². The highest BCUT2D eigenvalue weighted by molar-refractivity contribution is 7.98. The lowest BCUT2D eigenvalue weighted by Crippen LogP contribution is -2.57. The molecule has 166 valence electrons. The zero-order chi connectivity index (χ0) is 22.6. The number of aliphatic carboxylic acids is 2. The Bertz CT molecular complexity index is 601. The van der Waals surface area contributed by atoms with E-state index in [-0.39, 0.29) is 19.3 Å². The summed E-state index contributed by atoms with van der Waals surface area (Å²) in [5.41, 5.74) is 5.50. The Morgan fingerprint density at radius 2 is 1.66 bits per heavy atom. The first-order chi connectivity index (χ1) is 13.5. The second-order valence-corrected chi connectivity index (χ2v) is 7.21. The molecule has 0 fully saturated rings. The minimum atomic E-state index is -1.43. The van der Waals surface area contributed by atoms with Gasteiger partial charge in [0, 0.05) is 6.42 Å². The Balaban J connectivity index is 4.71. The predicted molar refractivity (Wildman–Crippen MR) is 104 cm³/mol. The fourth-order valence-corrected chi connectivity index (χ4v) is 2.56. The van der Waals surface area contributed by atoms with Crippen LogP contribution >= 0.6 is 11.8 Å². The number of amides is 3. The molecule has 0 aliphatic carbocycles. The molecule has 8 N–H and O–H groups in total. The summed E-state index contributed by atoms with van der Waals surface area (Å²) in [6, 6.07) is -3.74. The van der Waals surface area contributed by atoms with Gasteiger partial charge in [0.05, 0.1) is 18.7 Å². The van der Waals surface area contributed by atoms with Crippen LogP contribution < -0.4 is 21.7 Å². The predicted octanol–water partition coefficient (Wildman–Crippen LogP) is -2.52. The lowest BCUT2D eigenvalue weighted by molar-refractivity contribution is -0.143. The van der Waals surface area contributed by atoms with Crippen molar-refractivity contribution < 1.29 is 39.3 Å². The van der Waals surface area contributed by atoms with Gasteiger partial charge in [-0.15, -0.1) is 0 Å². The van der Waals surface area contributed by atoms with Gasteiger partial charge in [-0.25, -0.2) is 4.79 Å². The smallest absolute Gasteiger partial charge is 0.326 e. The van der Waals surface area contributed by atoms with Crippen LogP contribution in [0.2, 0.25) is 0 Å². The van der Waals surface area contributed by atoms with Gasteiger partial charge in [-0.2, -0.15) is 11.8 Å². The van der Waals surface area contributed by atoms with Crippen LogP contribution in [0.5, 0.6) is 0 Å². The van der Waals surface area contributed by atoms with Crippen LogP contribution in [-0.4, -0.2) is 87.8 Å². The number of hydrogen-bond donors (Lipinski definition) is 7. The summed E-state index contributed by atoms with van der Waals surface area (Å²) in [5, 5.41) is 34.1. The number of nitrogens with one attached hydrogen (secondary N) is 3. The molecule has 0 saturated carbocycles. The Kier molecular flexibility index (Phi) is 12.6. The lowest BCUT2D eigenvalue weighted by Gasteiger charge is -2.23. The van der Waals surface area contributed by atoms with Crippen molar-refractivity contribution in [3.05, 3.63) is 0 Å². The molecule has 4 unspecified atom stereocenters. The van der Waals surface area contributed by atoms with Gasteiger partial charge < -0.3 is 37.0 Å². The second-order valence-electron chi connectivity index (χ2n) is 6.22. The van der Waals surface area contributed by atoms with Crippen molar-refractivity contribution in [2.75, 3.05) is 18.6 Å². The first-order valence-electron chi connectivity index (χ1n) is 8.74. The zero-order valence-corrected chi connectivity index (χ0v) is 17.0. The van der Waals surface area contributed by atoms with Gasteiger partial charge in [0.2, 0.25) is 17.7 Å². The summed E-state index contributed by atoms with van der Waals surface area (Å²) in [6.45, 7) is 0.674. The molecular weight excluding hydrogens is 408 g/mol. The van der Waals surface area contributed by atoms with Crippen LogP contribution in [0.4, 0.5) is 0 Å². The number of carboxylic acids is 2. The molecule has 0 aromatic heterocycles. The van der Waals surface area contributed by atoms with Crippen LogP contribution in [-0.2, 0) is 24.0 Å². The number of carbonyl (C=O) groups excluding carboxylic acids is 3. The van der Waals surface area contributed by atoms with E-state index in [4.69, 9.17) is 15.9 Å². The monoisotopic (exact) mass is 436 g/mol. The molecule has 4 atom stereocenters. The lowest BCUT2D eigenvalue weighted by atomic mass is 10.1. The van der Waals surface area contributed by atoms with Gasteiger partial charge in [-0.1, -0.05) is 0 Å². The molecule has 12 nitrogen and oxygen atoms in total. The molecule has 0 aliphatic heterocycles. The summed E-state index contributed by atoms with van der Waals surface area (Å²) >= 11 is 1.40. The van der Waals surface area contributed by atoms with E-state index in [1.165, 1.54) is 18.7 Å². The van der Waals surface area contributed by atoms with E-state index in [1.54, 1.807) is 6.26 Å². The van der Waals surface area contributed by atoms with Crippen molar-refractivity contribution in [3.8, 4) is 0 Å². The Morgan fingerprint density at radius 3 is 2.14 bits per heavy atom. The molecule has 0 heterocycles. The molecule has 0 aliphatic rings. The summed E-state index contributed by atoms with van der Waals surface area (Å²) in [5.74, 6) is -4.33. The third kappa shape index (κ3) is 11.3. The van der Waals surface area contributed by atoms with Crippen LogP contribution in [0.15, 0.2) is 0 Å². The molecule has 0 saturated heterocycles. The minimum absolute atomic E-state index is 0.117. The maximum absolute atomic E-state index is 12.3. The average Bonchev–Trinajstić information content (AvgIpc) is 2.64. The topological polar surface area (TPSA) is 208 Å². The number of carboxylic acid groups (broad SMARTS) is 2. The largest absolute Gasteiger partial charge is 0.481 e. The quantitative estimate of drug-likeness (QED) is 0.152. The third-order valence-corrected chi connectivity index (χ3v) is 4.38. The van der Waals surface area contributed by atoms with Crippen molar-refractivity contribution in [3.63, 3.8) is 0 Å². The summed E-state index contributed by atoms with van der Waals surface area (Å²) in [6.07, 6.45) is 0.178. The number of aliphatic hydroxyl groups excluding tert-OH is 1. The number of hydrogen-bond acceptors (Lipinski definition) is 8. The van der Waals surface area contributed by atoms with Crippen molar-refractivity contribution in [2.45, 2.75) is 50.4 Å². The minimum Gasteiger partial charge on any atom is -0.481 e. The van der Waals surface area contributed by atoms with E-state index in [0.29, 0.717) is 5.75 Å². The summed E-state index contributed by atoms with van der Waals surface area (Å²) in [4.78, 5) is 57.7. The number of thioether (sulfide) groups is 1. The van der Waals surface area contributed by atoms with E-state index < -0.39 is 60.4 Å². The highest BCUT2D eigenvalue weighted by Crippen LogP contribution is 2.03. The van der Waals surface area contributed by atoms with Gasteiger partial charge in [0.1, 0.15) is 12.1 Å². The second kappa shape index (κ2) is 13.7. The normalized spacial score (nSPS) is 14.8. The average molecular weight is 436 g/mol. The standard InChI is InChI=1S/C16H28N4O8S/c1-8(21)13(15(26)19-10(16(27)28)5-6-29-2)20-11(22)7-18-14(25)9(17)3-4-12(23)24/h8-10,13,21H,3-7,17H2,1-2H3,(H,18,25)(H,19,26)(H,20,22)(H,23,24)(H,27,28). The molecule has 29 heavy (non-hydrogen) atoms. The molecule has 0 spiro atoms. The van der Waals surface area contributed by atoms with Gasteiger partial charge in [-0.05, 0) is 31.8 Å². The van der Waals surface area contributed by atoms with E-state index in [1.807, 2.05) is 0 Å². The SMILES string of the molecule is CSCCC(NC(=O)C(NC(=O)CNC(=O)C(N)CCC(=O)O)C(C)O)C(=O)O. The molecule has 0 bridgehead atoms. The molecule has 13 heteroatoms. The van der Waals surface area contributed by atoms with E-state index in [9.17, 15) is 29.1 Å². The summed E-state index contributed by atoms with van der Waals surface area (Å²) in [7, 11) is 0. The molecule has 0 radical (unpaired) electrons. The van der Waals surface area contributed by atoms with Gasteiger partial charge in [0.25, 0.3) is 0 Å². The van der Waals surface area contributed by atoms with E-state index >= 15 is 0 Å². The maximum Gasteiger partial charge on any atom is 0.326 e. The number of nitrogens with two attached hydrogens (primary N) is 1. The maximum atomic E-state index is 12.3. The highest BCUT2D eigenvalue weighted by atomic mass is 32.2. The van der Waals surface area contributed by atoms with Crippen LogP contribution in [0.3, 0.4) is 0 Å². The van der Waals surface area contributed by atoms with E-state index in [2.05, 4.69) is 16.0 Å². The van der Waals surface area contributed by atoms with Crippen molar-refractivity contribution >= 4 is 41.4 Å². The summed E-state index contributed by atoms with van der Waals surface area (Å²) < 4.78 is 0. The highest BCUT2D eigenvalue weighted by Gasteiger charge is 2.29. The Morgan fingerprint density at radius 1 is 1.03 bits per heavy atom. The molecule has 0 rings (SSSR count). The number of aliphatic hydroxyl groups is 1. The Hall–Kier alpha value is -2.38. The first-order valence-corrected chi connectivity index (χ1v) is 10.1. The fourth-order valence-electron chi connectivity index (χ4n) is 2.09. The molecule has 0 aromatic rings. The van der Waals surface area contributed by atoms with Crippen LogP contribution in [0, 0.1) is 0 Å². The third-order valence-electron chi connectivity index (χ3n) is 3.74. The van der Waals surface area contributed by atoms with Gasteiger partial charge in [0.15, 0.2) is 0 Å². The van der Waals surface area contributed by atoms with Crippen molar-refractivity contribution in [1.29, 1.82) is 0 Å². The zero-order valence-electron chi connectivity index (χ0n) is 16.2. The molecule has 0 aromatic carbocycles. The van der Waals surface area contributed by atoms with Crippen molar-refractivity contribution in [1.82, 2.24) is 16.0 Å². The number of rotatable bonds is 14. The Labute approximate surface area is 172 Å².